The van der Waals surface area contributed by atoms with Crippen LogP contribution in [-0.2, 0) is 0 Å². The first kappa shape index (κ1) is 60.6. The van der Waals surface area contributed by atoms with Crippen molar-refractivity contribution in [3.8, 4) is 61.8 Å². The van der Waals surface area contributed by atoms with Gasteiger partial charge in [-0.2, -0.15) is 11.1 Å². The SMILES string of the molecule is CCC(C)Oc1c(-c2ccc(C3CCC(N([NH-])NNC)CC3)cc2)cc2ccccc2c1-c1c(OC(=O)c2ccc(-c3ccc(ONN([NH-])NN([NH-])NNC)cc3)cc2N)c(-c2ccc(C3CCC(NN([NH-])NC)CC3)cc2)cc2ccccc12. The van der Waals surface area contributed by atoms with Crippen LogP contribution in [0.25, 0.3) is 89.4 Å². The minimum atomic E-state index is -0.629. The molecule has 1 unspecified atom stereocenters. The second kappa shape index (κ2) is 28.1. The number of hydrogen-bond acceptors (Lipinski definition) is 17. The average Bonchev–Trinajstić information content (AvgIpc) is 1.23. The first-order valence-corrected chi connectivity index (χ1v) is 29.1. The molecule has 2 fully saturated rings. The van der Waals surface area contributed by atoms with Gasteiger partial charge in [0.1, 0.15) is 17.2 Å². The van der Waals surface area contributed by atoms with E-state index in [0.29, 0.717) is 45.1 Å². The van der Waals surface area contributed by atoms with Crippen LogP contribution >= 0.6 is 0 Å². The van der Waals surface area contributed by atoms with Gasteiger partial charge in [-0.3, -0.25) is 21.3 Å². The number of rotatable bonds is 24. The largest absolute Gasteiger partial charge is 0.593 e. The predicted octanol–water partition coefficient (Wildman–Crippen LogP) is 12.9. The maximum absolute atomic E-state index is 15.3. The van der Waals surface area contributed by atoms with Gasteiger partial charge in [-0.1, -0.05) is 128 Å². The third-order valence-electron chi connectivity index (χ3n) is 16.4. The molecule has 0 amide bonds. The number of esters is 1. The van der Waals surface area contributed by atoms with E-state index in [0.717, 1.165) is 118 Å². The van der Waals surface area contributed by atoms with Crippen LogP contribution in [0.15, 0.2) is 152 Å². The van der Waals surface area contributed by atoms with Crippen molar-refractivity contribution in [3.05, 3.63) is 192 Å². The first-order chi connectivity index (χ1) is 41.3. The van der Waals surface area contributed by atoms with Crippen molar-refractivity contribution in [2.75, 3.05) is 26.9 Å². The van der Waals surface area contributed by atoms with Gasteiger partial charge in [0.15, 0.2) is 0 Å². The Balaban J connectivity index is 1.07. The first-order valence-electron chi connectivity index (χ1n) is 29.1. The number of anilines is 1. The molecule has 0 aromatic heterocycles. The van der Waals surface area contributed by atoms with Crippen LogP contribution in [0.2, 0.25) is 0 Å². The van der Waals surface area contributed by atoms with E-state index in [1.807, 2.05) is 36.4 Å². The quantitative estimate of drug-likeness (QED) is 0.0118. The van der Waals surface area contributed by atoms with Gasteiger partial charge >= 0.3 is 5.97 Å². The number of nitrogen functional groups attached to an aromatic ring is 1. The Labute approximate surface area is 497 Å². The Morgan fingerprint density at radius 2 is 1.13 bits per heavy atom. The van der Waals surface area contributed by atoms with Gasteiger partial charge in [0.05, 0.1) is 11.7 Å². The zero-order valence-electron chi connectivity index (χ0n) is 48.7. The Kier molecular flexibility index (Phi) is 20.1. The molecule has 1 atom stereocenters. The number of nitrogens with one attached hydrogen (secondary N) is 12. The molecule has 0 radical (unpaired) electrons. The minimum absolute atomic E-state index is 0.130. The van der Waals surface area contributed by atoms with E-state index in [1.54, 1.807) is 45.4 Å². The lowest BCUT2D eigenvalue weighted by atomic mass is 9.81. The Hall–Kier alpha value is -7.49. The summed E-state index contributed by atoms with van der Waals surface area (Å²) in [6, 6.07) is 51.3. The molecule has 85 heavy (non-hydrogen) atoms. The van der Waals surface area contributed by atoms with Gasteiger partial charge in [-0.25, -0.2) is 26.4 Å². The van der Waals surface area contributed by atoms with Crippen LogP contribution < -0.4 is 63.9 Å². The molecule has 2 aliphatic rings. The average molecular weight is 1150 g/mol. The molecule has 0 aliphatic heterocycles. The van der Waals surface area contributed by atoms with E-state index < -0.39 is 5.97 Å². The lowest BCUT2D eigenvalue weighted by Gasteiger charge is -2.40. The Bertz CT molecular complexity index is 3520. The topological polar surface area (TPSA) is 275 Å². The molecule has 2 saturated carbocycles. The van der Waals surface area contributed by atoms with E-state index >= 15 is 4.79 Å². The standard InChI is InChI=1S/C64H77N17O4/c1-6-40(2)83-62-57(46-19-17-42(18-20-46)44-25-32-52(33-26-44)78(66)74-70-3)37-49-11-7-9-13-54(49)60(62)61-55-14-10-8-12-50(55)38-58(47-21-15-41(16-22-47)43-23-30-51(31-24-43)73-79(67)72-5)63(61)84-64(82)56-36-29-48(39-59(56)65)45-27-34-53(35-28-45)85-77-81(69)76-80(68)75-71-4/h7-22,27-29,34-40,43-44,51-52,66-77H,6,23-26,30-33,65H2,1-5H3/q-4. The summed E-state index contributed by atoms with van der Waals surface area (Å²) in [6.07, 6.45) is 8.19. The molecule has 0 spiro atoms. The number of fused-ring (bicyclic) bond motifs is 2. The van der Waals surface area contributed by atoms with Gasteiger partial charge in [-0.05, 0) is 189 Å². The molecule has 14 N–H and O–H groups in total. The second-order valence-corrected chi connectivity index (χ2v) is 21.8. The fourth-order valence-corrected chi connectivity index (χ4v) is 11.8. The smallest absolute Gasteiger partial charge is 0.345 e. The summed E-state index contributed by atoms with van der Waals surface area (Å²) >= 11 is 0. The monoisotopic (exact) mass is 1150 g/mol. The molecule has 21 nitrogen and oxygen atoms in total. The molecule has 0 bridgehead atoms. The van der Waals surface area contributed by atoms with E-state index in [-0.39, 0.29) is 29.4 Å². The van der Waals surface area contributed by atoms with Crippen LogP contribution in [-0.4, -0.2) is 66.1 Å². The summed E-state index contributed by atoms with van der Waals surface area (Å²) in [7, 11) is 5.08. The molecule has 0 saturated heterocycles. The number of hydrazine groups is 9. The summed E-state index contributed by atoms with van der Waals surface area (Å²) < 4.78 is 14.3. The van der Waals surface area contributed by atoms with Crippen molar-refractivity contribution in [1.29, 1.82) is 0 Å². The number of nitrogens with two attached hydrogens (primary N) is 1. The zero-order valence-corrected chi connectivity index (χ0v) is 48.7. The third-order valence-corrected chi connectivity index (χ3v) is 16.4. The van der Waals surface area contributed by atoms with E-state index in [4.69, 9.17) is 43.4 Å². The normalized spacial score (nSPS) is 17.8. The van der Waals surface area contributed by atoms with Gasteiger partial charge in [-0.15, -0.1) is 0 Å². The molecular weight excluding hydrogens is 1070 g/mol. The van der Waals surface area contributed by atoms with Gasteiger partial charge in [0.2, 0.25) is 0 Å². The molecule has 21 heteroatoms. The fourth-order valence-electron chi connectivity index (χ4n) is 11.8. The van der Waals surface area contributed by atoms with Gasteiger partial charge in [0.25, 0.3) is 0 Å². The summed E-state index contributed by atoms with van der Waals surface area (Å²) in [6.45, 7) is 4.21. The lowest BCUT2D eigenvalue weighted by molar-refractivity contribution is -0.0675. The van der Waals surface area contributed by atoms with Crippen LogP contribution in [0, 0.1) is 0 Å². The van der Waals surface area contributed by atoms with Crippen molar-refractivity contribution < 1.29 is 19.1 Å². The number of benzene rings is 8. The highest BCUT2D eigenvalue weighted by molar-refractivity contribution is 6.15. The number of carbonyl (C=O) groups excluding carboxylic acids is 1. The highest BCUT2D eigenvalue weighted by Gasteiger charge is 2.30. The van der Waals surface area contributed by atoms with E-state index in [9.17, 15) is 0 Å². The maximum Gasteiger partial charge on any atom is 0.345 e. The fraction of sp³-hybridized carbons (Fsp3) is 0.297. The Morgan fingerprint density at radius 1 is 0.600 bits per heavy atom. The highest BCUT2D eigenvalue weighted by atomic mass is 16.7. The molecule has 8 aromatic rings. The lowest BCUT2D eigenvalue weighted by Crippen LogP contribution is -2.57. The summed E-state index contributed by atoms with van der Waals surface area (Å²) in [5, 5.41) is 7.63. The van der Waals surface area contributed by atoms with Gasteiger partial charge in [0, 0.05) is 40.0 Å². The number of nitrogens with zero attached hydrogens (tertiary/aromatic N) is 4. The van der Waals surface area contributed by atoms with Crippen molar-refractivity contribution >= 4 is 33.2 Å². The van der Waals surface area contributed by atoms with Crippen LogP contribution in [0.3, 0.4) is 0 Å². The minimum Gasteiger partial charge on any atom is -0.593 e. The molecule has 446 valence electrons. The number of hydrogen-bond donors (Lipinski definition) is 9. The van der Waals surface area contributed by atoms with Crippen LogP contribution in [0.1, 0.15) is 105 Å². The molecule has 0 heterocycles. The van der Waals surface area contributed by atoms with Crippen molar-refractivity contribution in [1.82, 2.24) is 64.7 Å². The van der Waals surface area contributed by atoms with Crippen LogP contribution in [0.4, 0.5) is 5.69 Å². The number of carbonyl (C=O) groups is 1. The maximum atomic E-state index is 15.3. The molecular formula is C64H77N17O4-4. The summed E-state index contributed by atoms with van der Waals surface area (Å²) in [4.78, 5) is 20.8. The third kappa shape index (κ3) is 14.3. The number of ether oxygens (including phenoxy) is 2. The molecule has 10 rings (SSSR count). The zero-order chi connectivity index (χ0) is 59.6. The highest BCUT2D eigenvalue weighted by Crippen LogP contribution is 2.53. The molecule has 8 aromatic carbocycles. The second-order valence-electron chi connectivity index (χ2n) is 21.8. The molecule has 2 aliphatic carbocycles. The van der Waals surface area contributed by atoms with E-state index in [2.05, 4.69) is 149 Å². The predicted molar refractivity (Wildman–Crippen MR) is 338 cm³/mol. The van der Waals surface area contributed by atoms with Gasteiger partial charge < -0.3 is 48.5 Å². The van der Waals surface area contributed by atoms with Crippen molar-refractivity contribution in [2.24, 2.45) is 0 Å². The Morgan fingerprint density at radius 3 is 1.68 bits per heavy atom. The van der Waals surface area contributed by atoms with Crippen molar-refractivity contribution in [2.45, 2.75) is 102 Å². The van der Waals surface area contributed by atoms with E-state index in [1.165, 1.54) is 21.5 Å². The van der Waals surface area contributed by atoms with Crippen LogP contribution in [0.5, 0.6) is 17.2 Å². The summed E-state index contributed by atoms with van der Waals surface area (Å²) in [5.41, 5.74) is 37.9. The summed E-state index contributed by atoms with van der Waals surface area (Å²) in [5.74, 6) is 33.6. The van der Waals surface area contributed by atoms with Crippen molar-refractivity contribution in [3.63, 3.8) is 0 Å².